The lowest BCUT2D eigenvalue weighted by Crippen LogP contribution is -2.44. The molecule has 2 N–H and O–H groups in total. The van der Waals surface area contributed by atoms with Crippen molar-refractivity contribution in [3.8, 4) is 0 Å². The Labute approximate surface area is 203 Å². The minimum atomic E-state index is -1.05. The van der Waals surface area contributed by atoms with E-state index in [2.05, 4.69) is 27.9 Å². The van der Waals surface area contributed by atoms with Crippen molar-refractivity contribution in [3.05, 3.63) is 88.7 Å². The van der Waals surface area contributed by atoms with Crippen LogP contribution in [0.25, 0.3) is 0 Å². The Hall–Kier alpha value is -3.94. The maximum absolute atomic E-state index is 13.4. The van der Waals surface area contributed by atoms with Crippen molar-refractivity contribution in [2.24, 2.45) is 0 Å². The fourth-order valence-electron chi connectivity index (χ4n) is 5.78. The van der Waals surface area contributed by atoms with Crippen LogP contribution >= 0.6 is 0 Å². The summed E-state index contributed by atoms with van der Waals surface area (Å²) in [4.78, 5) is 40.2. The molecule has 1 aliphatic heterocycles. The molecule has 2 atom stereocenters. The van der Waals surface area contributed by atoms with Crippen molar-refractivity contribution in [1.29, 1.82) is 0 Å². The molecular weight excluding hydrogens is 442 g/mol. The van der Waals surface area contributed by atoms with Gasteiger partial charge in [-0.25, -0.2) is 4.79 Å². The normalized spacial score (nSPS) is 22.7. The zero-order chi connectivity index (χ0) is 24.0. The third kappa shape index (κ3) is 3.60. The third-order valence-electron chi connectivity index (χ3n) is 7.50. The van der Waals surface area contributed by atoms with E-state index in [1.807, 2.05) is 53.3 Å². The number of imide groups is 1. The van der Waals surface area contributed by atoms with E-state index in [9.17, 15) is 14.4 Å². The van der Waals surface area contributed by atoms with E-state index in [-0.39, 0.29) is 24.4 Å². The molecule has 6 rings (SSSR count). The lowest BCUT2D eigenvalue weighted by Gasteiger charge is -2.25. The second-order valence-electron chi connectivity index (χ2n) is 9.59. The van der Waals surface area contributed by atoms with Crippen molar-refractivity contribution in [2.75, 3.05) is 6.54 Å². The standard InChI is InChI=1S/C27H27N5O3/c33-24(17-31-25(34)27(30-26(31)35)14-13-19-9-4-5-10-21(19)27)29-22-11-6-12-23-20(22)15-28-32(23)16-18-7-2-1-3-8-18/h1-5,7-10,15,22H,6,11-14,16-17H2,(H,29,33)(H,30,35). The minimum absolute atomic E-state index is 0.183. The predicted octanol–water partition coefficient (Wildman–Crippen LogP) is 2.82. The zero-order valence-corrected chi connectivity index (χ0v) is 19.4. The number of benzene rings is 2. The fourth-order valence-corrected chi connectivity index (χ4v) is 5.78. The van der Waals surface area contributed by atoms with E-state index in [1.165, 1.54) is 5.56 Å². The fraction of sp³-hybridized carbons (Fsp3) is 0.333. The molecular formula is C27H27N5O3. The van der Waals surface area contributed by atoms with Gasteiger partial charge in [0.2, 0.25) is 5.91 Å². The van der Waals surface area contributed by atoms with Crippen LogP contribution in [0.3, 0.4) is 0 Å². The number of rotatable bonds is 5. The lowest BCUT2D eigenvalue weighted by molar-refractivity contribution is -0.135. The van der Waals surface area contributed by atoms with Crippen LogP contribution < -0.4 is 10.6 Å². The van der Waals surface area contributed by atoms with E-state index >= 15 is 0 Å². The van der Waals surface area contributed by atoms with Crippen LogP contribution in [0.1, 0.15) is 53.3 Å². The van der Waals surface area contributed by atoms with E-state index in [0.29, 0.717) is 13.0 Å². The van der Waals surface area contributed by atoms with Gasteiger partial charge in [0.1, 0.15) is 12.1 Å². The van der Waals surface area contributed by atoms with Crippen LogP contribution in [0.5, 0.6) is 0 Å². The summed E-state index contributed by atoms with van der Waals surface area (Å²) in [6, 6.07) is 17.2. The Kier molecular flexibility index (Phi) is 5.16. The van der Waals surface area contributed by atoms with Crippen LogP contribution in [0.15, 0.2) is 60.8 Å². The first kappa shape index (κ1) is 21.6. The first-order valence-corrected chi connectivity index (χ1v) is 12.2. The van der Waals surface area contributed by atoms with Gasteiger partial charge < -0.3 is 10.6 Å². The molecule has 4 amide bonds. The van der Waals surface area contributed by atoms with Crippen molar-refractivity contribution < 1.29 is 14.4 Å². The average molecular weight is 470 g/mol. The number of aryl methyl sites for hydroxylation is 1. The predicted molar refractivity (Wildman–Crippen MR) is 128 cm³/mol. The Bertz CT molecular complexity index is 1320. The minimum Gasteiger partial charge on any atom is -0.348 e. The van der Waals surface area contributed by atoms with Crippen LogP contribution in [0.4, 0.5) is 4.79 Å². The second-order valence-corrected chi connectivity index (χ2v) is 9.59. The van der Waals surface area contributed by atoms with Gasteiger partial charge in [0.05, 0.1) is 18.8 Å². The Morgan fingerprint density at radius 2 is 1.89 bits per heavy atom. The number of nitrogens with zero attached hydrogens (tertiary/aromatic N) is 3. The van der Waals surface area contributed by atoms with Gasteiger partial charge in [-0.05, 0) is 48.8 Å². The maximum Gasteiger partial charge on any atom is 0.325 e. The smallest absolute Gasteiger partial charge is 0.325 e. The summed E-state index contributed by atoms with van der Waals surface area (Å²) in [5, 5.41) is 10.5. The molecule has 3 aliphatic rings. The van der Waals surface area contributed by atoms with Gasteiger partial charge in [-0.1, -0.05) is 54.6 Å². The van der Waals surface area contributed by atoms with Crippen LogP contribution in [0, 0.1) is 0 Å². The third-order valence-corrected chi connectivity index (χ3v) is 7.50. The topological polar surface area (TPSA) is 96.3 Å². The van der Waals surface area contributed by atoms with Crippen LogP contribution in [0.2, 0.25) is 0 Å². The Balaban J connectivity index is 1.16. The molecule has 3 aromatic rings. The SMILES string of the molecule is O=C(CN1C(=O)NC2(CCc3ccccc32)C1=O)NC1CCCc2c1cnn2Cc1ccccc1. The number of amides is 4. The summed E-state index contributed by atoms with van der Waals surface area (Å²) in [6.07, 6.45) is 5.71. The van der Waals surface area contributed by atoms with Crippen LogP contribution in [-0.2, 0) is 34.5 Å². The maximum atomic E-state index is 13.4. The molecule has 1 aromatic heterocycles. The molecule has 2 heterocycles. The van der Waals surface area contributed by atoms with Gasteiger partial charge >= 0.3 is 6.03 Å². The van der Waals surface area contributed by atoms with Crippen molar-refractivity contribution >= 4 is 17.8 Å². The molecule has 178 valence electrons. The molecule has 35 heavy (non-hydrogen) atoms. The van der Waals surface area contributed by atoms with Gasteiger partial charge in [-0.15, -0.1) is 0 Å². The van der Waals surface area contributed by atoms with Crippen molar-refractivity contribution in [1.82, 2.24) is 25.3 Å². The number of urea groups is 1. The highest BCUT2D eigenvalue weighted by Gasteiger charge is 2.55. The number of hydrogen-bond acceptors (Lipinski definition) is 4. The van der Waals surface area contributed by atoms with Crippen molar-refractivity contribution in [3.63, 3.8) is 0 Å². The second kappa shape index (κ2) is 8.37. The highest BCUT2D eigenvalue weighted by atomic mass is 16.2. The molecule has 2 unspecified atom stereocenters. The Morgan fingerprint density at radius 3 is 2.74 bits per heavy atom. The lowest BCUT2D eigenvalue weighted by atomic mass is 9.92. The first-order valence-electron chi connectivity index (χ1n) is 12.2. The van der Waals surface area contributed by atoms with E-state index in [4.69, 9.17) is 0 Å². The number of carbonyl (C=O) groups excluding carboxylic acids is 3. The quantitative estimate of drug-likeness (QED) is 0.562. The highest BCUT2D eigenvalue weighted by Crippen LogP contribution is 2.41. The van der Waals surface area contributed by atoms with E-state index in [0.717, 1.165) is 53.0 Å². The number of fused-ring (bicyclic) bond motifs is 3. The van der Waals surface area contributed by atoms with E-state index in [1.54, 1.807) is 0 Å². The molecule has 8 heteroatoms. The summed E-state index contributed by atoms with van der Waals surface area (Å²) >= 11 is 0. The zero-order valence-electron chi connectivity index (χ0n) is 19.4. The molecule has 0 bridgehead atoms. The monoisotopic (exact) mass is 469 g/mol. The summed E-state index contributed by atoms with van der Waals surface area (Å²) in [7, 11) is 0. The van der Waals surface area contributed by atoms with Gasteiger partial charge in [0.15, 0.2) is 0 Å². The molecule has 2 aliphatic carbocycles. The van der Waals surface area contributed by atoms with Crippen molar-refractivity contribution in [2.45, 2.75) is 50.2 Å². The number of carbonyl (C=O) groups is 3. The molecule has 0 radical (unpaired) electrons. The molecule has 0 saturated carbocycles. The number of aromatic nitrogens is 2. The molecule has 8 nitrogen and oxygen atoms in total. The number of hydrogen-bond donors (Lipinski definition) is 2. The summed E-state index contributed by atoms with van der Waals surface area (Å²) in [6.45, 7) is 0.390. The molecule has 1 fully saturated rings. The van der Waals surface area contributed by atoms with Gasteiger partial charge in [-0.3, -0.25) is 19.2 Å². The molecule has 1 spiro atoms. The summed E-state index contributed by atoms with van der Waals surface area (Å²) in [5.74, 6) is -0.687. The number of nitrogens with one attached hydrogen (secondary N) is 2. The first-order chi connectivity index (χ1) is 17.0. The van der Waals surface area contributed by atoms with E-state index < -0.39 is 11.6 Å². The molecule has 1 saturated heterocycles. The Morgan fingerprint density at radius 1 is 1.09 bits per heavy atom. The summed E-state index contributed by atoms with van der Waals surface area (Å²) in [5.41, 5.74) is 4.16. The average Bonchev–Trinajstić information content (AvgIpc) is 3.52. The highest BCUT2D eigenvalue weighted by molar-refractivity contribution is 6.09. The van der Waals surface area contributed by atoms with Gasteiger partial charge in [0.25, 0.3) is 5.91 Å². The molecule has 2 aromatic carbocycles. The van der Waals surface area contributed by atoms with Gasteiger partial charge in [0, 0.05) is 11.3 Å². The van der Waals surface area contributed by atoms with Crippen LogP contribution in [-0.4, -0.2) is 39.1 Å². The summed E-state index contributed by atoms with van der Waals surface area (Å²) < 4.78 is 2.00. The largest absolute Gasteiger partial charge is 0.348 e. The van der Waals surface area contributed by atoms with Gasteiger partial charge in [-0.2, -0.15) is 5.10 Å².